The monoisotopic (exact) mass is 246 g/mol. The number of hydrogen-bond acceptors (Lipinski definition) is 3. The van der Waals surface area contributed by atoms with Crippen LogP contribution in [0.3, 0.4) is 0 Å². The predicted molar refractivity (Wildman–Crippen MR) is 66.8 cm³/mol. The van der Waals surface area contributed by atoms with Crippen molar-refractivity contribution < 1.29 is 19.4 Å². The Morgan fingerprint density at radius 1 is 1.28 bits per heavy atom. The molecule has 0 saturated heterocycles. The van der Waals surface area contributed by atoms with E-state index in [0.29, 0.717) is 0 Å². The zero-order valence-electron chi connectivity index (χ0n) is 9.83. The van der Waals surface area contributed by atoms with Gasteiger partial charge >= 0.3 is 11.9 Å². The molecule has 0 unspecified atom stereocenters. The first kappa shape index (κ1) is 13.7. The van der Waals surface area contributed by atoms with E-state index in [1.165, 1.54) is 6.08 Å². The van der Waals surface area contributed by atoms with Gasteiger partial charge in [-0.3, -0.25) is 0 Å². The summed E-state index contributed by atoms with van der Waals surface area (Å²) in [6.45, 7) is 3.73. The Balaban J connectivity index is 2.37. The van der Waals surface area contributed by atoms with E-state index in [0.717, 1.165) is 11.6 Å². The molecule has 94 valence electrons. The van der Waals surface area contributed by atoms with Crippen molar-refractivity contribution in [3.8, 4) is 0 Å². The van der Waals surface area contributed by atoms with Crippen LogP contribution in [0.4, 0.5) is 0 Å². The number of benzene rings is 1. The smallest absolute Gasteiger partial charge is 0.334 e. The molecule has 1 N–H and O–H groups in total. The van der Waals surface area contributed by atoms with Crippen molar-refractivity contribution in [1.82, 2.24) is 0 Å². The van der Waals surface area contributed by atoms with Gasteiger partial charge in [0.05, 0.1) is 0 Å². The molecular weight excluding hydrogens is 232 g/mol. The molecule has 1 aromatic carbocycles. The molecule has 0 radical (unpaired) electrons. The molecule has 0 atom stereocenters. The molecule has 0 spiro atoms. The fourth-order valence-electron chi connectivity index (χ4n) is 1.21. The SMILES string of the molecule is C=C(CC=CC(=O)O)C(=O)OCc1ccccc1. The summed E-state index contributed by atoms with van der Waals surface area (Å²) >= 11 is 0. The number of allylic oxidation sites excluding steroid dienone is 1. The maximum absolute atomic E-state index is 11.5. The topological polar surface area (TPSA) is 63.6 Å². The Morgan fingerprint density at radius 2 is 1.94 bits per heavy atom. The van der Waals surface area contributed by atoms with Gasteiger partial charge in [0.25, 0.3) is 0 Å². The molecule has 4 nitrogen and oxygen atoms in total. The fourth-order valence-corrected chi connectivity index (χ4v) is 1.21. The third kappa shape index (κ3) is 5.12. The number of carboxylic acid groups (broad SMARTS) is 1. The summed E-state index contributed by atoms with van der Waals surface area (Å²) in [5, 5.41) is 8.38. The lowest BCUT2D eigenvalue weighted by atomic mass is 10.2. The summed E-state index contributed by atoms with van der Waals surface area (Å²) < 4.78 is 5.03. The minimum absolute atomic E-state index is 0.167. The van der Waals surface area contributed by atoms with Crippen molar-refractivity contribution in [2.24, 2.45) is 0 Å². The van der Waals surface area contributed by atoms with Gasteiger partial charge < -0.3 is 9.84 Å². The van der Waals surface area contributed by atoms with Crippen LogP contribution in [0.2, 0.25) is 0 Å². The molecule has 0 aliphatic rings. The number of esters is 1. The van der Waals surface area contributed by atoms with Crippen LogP contribution in [-0.2, 0) is 20.9 Å². The summed E-state index contributed by atoms with van der Waals surface area (Å²) in [4.78, 5) is 21.7. The van der Waals surface area contributed by atoms with Gasteiger partial charge in [-0.25, -0.2) is 9.59 Å². The van der Waals surface area contributed by atoms with Crippen LogP contribution in [0, 0.1) is 0 Å². The van der Waals surface area contributed by atoms with Gasteiger partial charge in [-0.15, -0.1) is 0 Å². The van der Waals surface area contributed by atoms with Gasteiger partial charge in [-0.1, -0.05) is 43.0 Å². The first-order valence-electron chi connectivity index (χ1n) is 5.38. The van der Waals surface area contributed by atoms with Crippen LogP contribution in [-0.4, -0.2) is 17.0 Å². The molecule has 0 aliphatic heterocycles. The third-order valence-corrected chi connectivity index (χ3v) is 2.13. The molecule has 0 aliphatic carbocycles. The van der Waals surface area contributed by atoms with Crippen LogP contribution in [0.1, 0.15) is 12.0 Å². The van der Waals surface area contributed by atoms with E-state index < -0.39 is 11.9 Å². The number of carbonyl (C=O) groups excluding carboxylic acids is 1. The zero-order valence-corrected chi connectivity index (χ0v) is 9.83. The Morgan fingerprint density at radius 3 is 2.56 bits per heavy atom. The lowest BCUT2D eigenvalue weighted by molar-refractivity contribution is -0.140. The second kappa shape index (κ2) is 7.06. The highest BCUT2D eigenvalue weighted by molar-refractivity contribution is 5.88. The van der Waals surface area contributed by atoms with E-state index in [1.54, 1.807) is 0 Å². The Kier molecular flexibility index (Phi) is 5.38. The molecule has 18 heavy (non-hydrogen) atoms. The minimum Gasteiger partial charge on any atom is -0.478 e. The average Bonchev–Trinajstić information content (AvgIpc) is 2.36. The van der Waals surface area contributed by atoms with Gasteiger partial charge in [0.15, 0.2) is 0 Å². The summed E-state index contributed by atoms with van der Waals surface area (Å²) in [5.74, 6) is -1.57. The summed E-state index contributed by atoms with van der Waals surface area (Å²) in [7, 11) is 0. The highest BCUT2D eigenvalue weighted by atomic mass is 16.5. The van der Waals surface area contributed by atoms with Crippen LogP contribution < -0.4 is 0 Å². The number of hydrogen-bond donors (Lipinski definition) is 1. The van der Waals surface area contributed by atoms with Crippen LogP contribution in [0.15, 0.2) is 54.6 Å². The van der Waals surface area contributed by atoms with E-state index >= 15 is 0 Å². The third-order valence-electron chi connectivity index (χ3n) is 2.13. The lowest BCUT2D eigenvalue weighted by Gasteiger charge is -2.05. The predicted octanol–water partition coefficient (Wildman–Crippen LogP) is 2.32. The first-order valence-corrected chi connectivity index (χ1v) is 5.38. The maximum atomic E-state index is 11.5. The van der Waals surface area contributed by atoms with Gasteiger partial charge in [-0.05, 0) is 12.0 Å². The summed E-state index contributed by atoms with van der Waals surface area (Å²) in [6.07, 6.45) is 2.49. The second-order valence-electron chi connectivity index (χ2n) is 3.61. The maximum Gasteiger partial charge on any atom is 0.334 e. The normalized spacial score (nSPS) is 10.2. The second-order valence-corrected chi connectivity index (χ2v) is 3.61. The molecule has 0 heterocycles. The van der Waals surface area contributed by atoms with Gasteiger partial charge in [0.2, 0.25) is 0 Å². The van der Waals surface area contributed by atoms with Crippen LogP contribution >= 0.6 is 0 Å². The van der Waals surface area contributed by atoms with Crippen molar-refractivity contribution in [1.29, 1.82) is 0 Å². The van der Waals surface area contributed by atoms with E-state index in [9.17, 15) is 9.59 Å². The molecule has 0 bridgehead atoms. The van der Waals surface area contributed by atoms with Crippen LogP contribution in [0.25, 0.3) is 0 Å². The molecule has 0 fully saturated rings. The van der Waals surface area contributed by atoms with Gasteiger partial charge in [0, 0.05) is 11.6 Å². The van der Waals surface area contributed by atoms with E-state index in [-0.39, 0.29) is 18.6 Å². The average molecular weight is 246 g/mol. The van der Waals surface area contributed by atoms with Crippen molar-refractivity contribution in [2.45, 2.75) is 13.0 Å². The Bertz CT molecular complexity index is 460. The van der Waals surface area contributed by atoms with Gasteiger partial charge in [0.1, 0.15) is 6.61 Å². The fraction of sp³-hybridized carbons (Fsp3) is 0.143. The Hall–Kier alpha value is -2.36. The summed E-state index contributed by atoms with van der Waals surface area (Å²) in [5.41, 5.74) is 1.11. The number of carbonyl (C=O) groups is 2. The number of carboxylic acids is 1. The molecule has 0 saturated carbocycles. The zero-order chi connectivity index (χ0) is 13.4. The highest BCUT2D eigenvalue weighted by Gasteiger charge is 2.07. The first-order chi connectivity index (χ1) is 8.59. The standard InChI is InChI=1S/C14H14O4/c1-11(6-5-9-13(15)16)14(17)18-10-12-7-3-2-4-8-12/h2-5,7-9H,1,6,10H2,(H,15,16). The number of aliphatic carboxylic acids is 1. The molecular formula is C14H14O4. The molecule has 4 heteroatoms. The van der Waals surface area contributed by atoms with Crippen molar-refractivity contribution >= 4 is 11.9 Å². The largest absolute Gasteiger partial charge is 0.478 e. The number of ether oxygens (including phenoxy) is 1. The molecule has 0 amide bonds. The quantitative estimate of drug-likeness (QED) is 0.618. The lowest BCUT2D eigenvalue weighted by Crippen LogP contribution is -2.06. The Labute approximate surface area is 105 Å². The summed E-state index contributed by atoms with van der Waals surface area (Å²) in [6, 6.07) is 9.28. The van der Waals surface area contributed by atoms with Crippen molar-refractivity contribution in [3.05, 3.63) is 60.2 Å². The number of rotatable bonds is 6. The van der Waals surface area contributed by atoms with E-state index in [2.05, 4.69) is 6.58 Å². The van der Waals surface area contributed by atoms with E-state index in [4.69, 9.17) is 9.84 Å². The molecule has 1 aromatic rings. The highest BCUT2D eigenvalue weighted by Crippen LogP contribution is 2.06. The van der Waals surface area contributed by atoms with Gasteiger partial charge in [-0.2, -0.15) is 0 Å². The molecule has 1 rings (SSSR count). The van der Waals surface area contributed by atoms with Crippen molar-refractivity contribution in [2.75, 3.05) is 0 Å². The van der Waals surface area contributed by atoms with Crippen molar-refractivity contribution in [3.63, 3.8) is 0 Å². The molecule has 0 aromatic heterocycles. The van der Waals surface area contributed by atoms with Crippen LogP contribution in [0.5, 0.6) is 0 Å². The minimum atomic E-state index is -1.06. The van der Waals surface area contributed by atoms with E-state index in [1.807, 2.05) is 30.3 Å².